The Labute approximate surface area is 84.4 Å². The standard InChI is InChI=1S/C8H19FN4O/c1-10-8(14)5-11(2)6-12(3)7-13(4)9/h5-7H2,1-4H3,(H,10,14). The molecule has 0 radical (unpaired) electrons. The van der Waals surface area contributed by atoms with Crippen molar-refractivity contribution in [1.82, 2.24) is 20.2 Å². The molecule has 5 nitrogen and oxygen atoms in total. The molecule has 1 N–H and O–H groups in total. The second-order valence-electron chi connectivity index (χ2n) is 3.43. The van der Waals surface area contributed by atoms with E-state index in [0.29, 0.717) is 18.3 Å². The fraction of sp³-hybridized carbons (Fsp3) is 0.875. The van der Waals surface area contributed by atoms with Crippen LogP contribution >= 0.6 is 0 Å². The van der Waals surface area contributed by atoms with Gasteiger partial charge in [-0.25, -0.2) is 0 Å². The summed E-state index contributed by atoms with van der Waals surface area (Å²) in [6.45, 7) is 1.08. The van der Waals surface area contributed by atoms with Gasteiger partial charge < -0.3 is 5.32 Å². The lowest BCUT2D eigenvalue weighted by molar-refractivity contribution is -0.122. The summed E-state index contributed by atoms with van der Waals surface area (Å²) in [5, 5.41) is 3.12. The molecule has 0 aliphatic rings. The minimum absolute atomic E-state index is 0.0468. The van der Waals surface area contributed by atoms with Crippen molar-refractivity contribution >= 4 is 5.91 Å². The summed E-state index contributed by atoms with van der Waals surface area (Å²) in [6.07, 6.45) is 0. The van der Waals surface area contributed by atoms with Crippen LogP contribution in [0, 0.1) is 0 Å². The molecule has 0 aromatic rings. The lowest BCUT2D eigenvalue weighted by Gasteiger charge is -2.24. The Kier molecular flexibility index (Phi) is 6.35. The zero-order chi connectivity index (χ0) is 11.1. The van der Waals surface area contributed by atoms with Crippen LogP contribution in [0.15, 0.2) is 0 Å². The summed E-state index contributed by atoms with van der Waals surface area (Å²) >= 11 is 0. The zero-order valence-electron chi connectivity index (χ0n) is 9.25. The van der Waals surface area contributed by atoms with Gasteiger partial charge in [0.2, 0.25) is 5.91 Å². The average Bonchev–Trinajstić information content (AvgIpc) is 2.01. The van der Waals surface area contributed by atoms with E-state index in [0.717, 1.165) is 0 Å². The van der Waals surface area contributed by atoms with E-state index in [1.54, 1.807) is 19.0 Å². The molecule has 14 heavy (non-hydrogen) atoms. The fourth-order valence-corrected chi connectivity index (χ4v) is 1.16. The van der Waals surface area contributed by atoms with E-state index in [9.17, 15) is 9.28 Å². The van der Waals surface area contributed by atoms with Crippen molar-refractivity contribution in [3.63, 3.8) is 0 Å². The Morgan fingerprint density at radius 3 is 2.21 bits per heavy atom. The maximum absolute atomic E-state index is 12.4. The van der Waals surface area contributed by atoms with Gasteiger partial charge in [0, 0.05) is 14.1 Å². The predicted octanol–water partition coefficient (Wildman–Crippen LogP) is -0.673. The van der Waals surface area contributed by atoms with Crippen LogP contribution in [0.25, 0.3) is 0 Å². The molecule has 84 valence electrons. The number of carbonyl (C=O) groups is 1. The number of carbonyl (C=O) groups excluding carboxylic acids is 1. The highest BCUT2D eigenvalue weighted by Gasteiger charge is 2.08. The molecule has 0 atom stereocenters. The second kappa shape index (κ2) is 6.69. The van der Waals surface area contributed by atoms with Gasteiger partial charge in [0.15, 0.2) is 0 Å². The third-order valence-corrected chi connectivity index (χ3v) is 1.61. The van der Waals surface area contributed by atoms with Crippen molar-refractivity contribution in [3.05, 3.63) is 0 Å². The highest BCUT2D eigenvalue weighted by Crippen LogP contribution is 1.91. The predicted molar refractivity (Wildman–Crippen MR) is 53.1 cm³/mol. The first kappa shape index (κ1) is 13.3. The molecule has 6 heteroatoms. The minimum Gasteiger partial charge on any atom is -0.358 e. The molecule has 0 unspecified atom stereocenters. The SMILES string of the molecule is CNC(=O)CN(C)CN(C)CN(C)F. The van der Waals surface area contributed by atoms with Crippen LogP contribution in [0.1, 0.15) is 0 Å². The molecule has 0 saturated heterocycles. The van der Waals surface area contributed by atoms with Gasteiger partial charge in [-0.05, 0) is 14.1 Å². The van der Waals surface area contributed by atoms with Gasteiger partial charge in [-0.2, -0.15) is 0 Å². The van der Waals surface area contributed by atoms with E-state index in [1.165, 1.54) is 7.05 Å². The molecule has 0 aromatic carbocycles. The summed E-state index contributed by atoms with van der Waals surface area (Å²) in [7, 11) is 6.55. The molecule has 0 saturated carbocycles. The molecule has 0 aliphatic heterocycles. The largest absolute Gasteiger partial charge is 0.358 e. The molecule has 0 spiro atoms. The normalized spacial score (nSPS) is 11.4. The molecule has 0 bridgehead atoms. The lowest BCUT2D eigenvalue weighted by atomic mass is 10.5. The van der Waals surface area contributed by atoms with E-state index in [4.69, 9.17) is 0 Å². The monoisotopic (exact) mass is 206 g/mol. The average molecular weight is 206 g/mol. The van der Waals surface area contributed by atoms with E-state index in [2.05, 4.69) is 5.32 Å². The van der Waals surface area contributed by atoms with Crippen molar-refractivity contribution in [3.8, 4) is 0 Å². The van der Waals surface area contributed by atoms with Crippen LogP contribution in [0.2, 0.25) is 0 Å². The molecule has 0 aliphatic carbocycles. The van der Waals surface area contributed by atoms with E-state index < -0.39 is 0 Å². The first-order chi connectivity index (χ1) is 6.45. The third-order valence-electron chi connectivity index (χ3n) is 1.61. The topological polar surface area (TPSA) is 38.8 Å². The van der Waals surface area contributed by atoms with Crippen LogP contribution in [0.4, 0.5) is 4.48 Å². The van der Waals surface area contributed by atoms with Gasteiger partial charge in [-0.1, -0.05) is 0 Å². The van der Waals surface area contributed by atoms with Crippen molar-refractivity contribution in [1.29, 1.82) is 0 Å². The highest BCUT2D eigenvalue weighted by molar-refractivity contribution is 5.77. The van der Waals surface area contributed by atoms with Gasteiger partial charge in [0.1, 0.15) is 0 Å². The third kappa shape index (κ3) is 6.76. The van der Waals surface area contributed by atoms with Gasteiger partial charge in [-0.15, -0.1) is 9.60 Å². The summed E-state index contributed by atoms with van der Waals surface area (Å²) in [4.78, 5) is 14.5. The van der Waals surface area contributed by atoms with Gasteiger partial charge in [-0.3, -0.25) is 14.6 Å². The fourth-order valence-electron chi connectivity index (χ4n) is 1.16. The molecule has 0 heterocycles. The Morgan fingerprint density at radius 2 is 1.79 bits per heavy atom. The molecule has 0 rings (SSSR count). The summed E-state index contributed by atoms with van der Waals surface area (Å²) in [5.74, 6) is -0.0468. The highest BCUT2D eigenvalue weighted by atomic mass is 19.2. The number of nitrogens with zero attached hydrogens (tertiary/aromatic N) is 3. The van der Waals surface area contributed by atoms with Gasteiger partial charge >= 0.3 is 0 Å². The number of nitrogens with one attached hydrogen (secondary N) is 1. The Morgan fingerprint density at radius 1 is 1.21 bits per heavy atom. The summed E-state index contributed by atoms with van der Waals surface area (Å²) < 4.78 is 12.4. The van der Waals surface area contributed by atoms with Crippen LogP contribution in [-0.2, 0) is 4.79 Å². The first-order valence-electron chi connectivity index (χ1n) is 4.40. The minimum atomic E-state index is -0.0468. The van der Waals surface area contributed by atoms with Crippen molar-refractivity contribution in [2.24, 2.45) is 0 Å². The van der Waals surface area contributed by atoms with Crippen molar-refractivity contribution in [2.45, 2.75) is 0 Å². The summed E-state index contributed by atoms with van der Waals surface area (Å²) in [6, 6.07) is 0. The van der Waals surface area contributed by atoms with Crippen molar-refractivity contribution in [2.75, 3.05) is 48.1 Å². The van der Waals surface area contributed by atoms with E-state index >= 15 is 0 Å². The zero-order valence-corrected chi connectivity index (χ0v) is 9.25. The van der Waals surface area contributed by atoms with Crippen LogP contribution < -0.4 is 5.32 Å². The smallest absolute Gasteiger partial charge is 0.233 e. The second-order valence-corrected chi connectivity index (χ2v) is 3.43. The Bertz CT molecular complexity index is 177. The van der Waals surface area contributed by atoms with Crippen LogP contribution in [-0.4, -0.2) is 68.9 Å². The number of hydrogen-bond acceptors (Lipinski definition) is 4. The van der Waals surface area contributed by atoms with E-state index in [1.807, 2.05) is 11.9 Å². The molecule has 0 fully saturated rings. The first-order valence-corrected chi connectivity index (χ1v) is 4.40. The number of rotatable bonds is 6. The molecular formula is C8H19FN4O. The molecular weight excluding hydrogens is 187 g/mol. The maximum Gasteiger partial charge on any atom is 0.233 e. The summed E-state index contributed by atoms with van der Waals surface area (Å²) in [5.41, 5.74) is 0. The number of halogens is 1. The molecule has 1 amide bonds. The molecule has 0 aromatic heterocycles. The maximum atomic E-state index is 12.4. The van der Waals surface area contributed by atoms with Crippen LogP contribution in [0.3, 0.4) is 0 Å². The van der Waals surface area contributed by atoms with Gasteiger partial charge in [0.05, 0.1) is 19.9 Å². The van der Waals surface area contributed by atoms with Crippen LogP contribution in [0.5, 0.6) is 0 Å². The number of hydrogen-bond donors (Lipinski definition) is 1. The van der Waals surface area contributed by atoms with Gasteiger partial charge in [0.25, 0.3) is 0 Å². The van der Waals surface area contributed by atoms with E-state index in [-0.39, 0.29) is 12.6 Å². The lowest BCUT2D eigenvalue weighted by Crippen LogP contribution is -2.41. The number of likely N-dealkylation sites (N-methyl/N-ethyl adjacent to an activating group) is 2. The van der Waals surface area contributed by atoms with Crippen molar-refractivity contribution < 1.29 is 9.28 Å². The Balaban J connectivity index is 3.70. The number of amides is 1. The Hall–Kier alpha value is -0.720. The quantitative estimate of drug-likeness (QED) is 0.462.